The van der Waals surface area contributed by atoms with Crippen LogP contribution in [0.2, 0.25) is 0 Å². The quantitative estimate of drug-likeness (QED) is 0.906. The standard InChI is InChI=1S/C17H18N2O2/c18-17(20)15-4-2-1-3-14(15)12-5-7-13(8-6-12)16-11-19-9-10-21-16/h1-8,16,19H,9-11H2,(H2,18,20). The topological polar surface area (TPSA) is 64.4 Å². The van der Waals surface area contributed by atoms with Gasteiger partial charge in [0.15, 0.2) is 0 Å². The number of hydrogen-bond acceptors (Lipinski definition) is 3. The number of benzene rings is 2. The van der Waals surface area contributed by atoms with Crippen LogP contribution in [0, 0.1) is 0 Å². The first-order valence-corrected chi connectivity index (χ1v) is 7.07. The molecule has 3 rings (SSSR count). The maximum Gasteiger partial charge on any atom is 0.249 e. The fourth-order valence-corrected chi connectivity index (χ4v) is 2.61. The van der Waals surface area contributed by atoms with Gasteiger partial charge in [-0.1, -0.05) is 42.5 Å². The van der Waals surface area contributed by atoms with E-state index in [1.807, 2.05) is 42.5 Å². The predicted octanol–water partition coefficient (Wildman–Crippen LogP) is 2.11. The zero-order chi connectivity index (χ0) is 14.7. The summed E-state index contributed by atoms with van der Waals surface area (Å²) in [6.45, 7) is 2.47. The van der Waals surface area contributed by atoms with E-state index in [-0.39, 0.29) is 6.10 Å². The third kappa shape index (κ3) is 2.96. The van der Waals surface area contributed by atoms with Gasteiger partial charge in [0.25, 0.3) is 0 Å². The maximum absolute atomic E-state index is 11.5. The summed E-state index contributed by atoms with van der Waals surface area (Å²) in [5.41, 5.74) is 8.96. The Morgan fingerprint density at radius 3 is 2.57 bits per heavy atom. The number of nitrogens with two attached hydrogens (primary N) is 1. The van der Waals surface area contributed by atoms with Gasteiger partial charge in [0.05, 0.1) is 12.7 Å². The van der Waals surface area contributed by atoms with E-state index in [1.165, 1.54) is 0 Å². The Kier molecular flexibility index (Phi) is 3.99. The molecular weight excluding hydrogens is 264 g/mol. The summed E-state index contributed by atoms with van der Waals surface area (Å²) in [6, 6.07) is 15.5. The van der Waals surface area contributed by atoms with Crippen LogP contribution < -0.4 is 11.1 Å². The number of morpholine rings is 1. The first kappa shape index (κ1) is 13.8. The predicted molar refractivity (Wildman–Crippen MR) is 82.0 cm³/mol. The second-order valence-electron chi connectivity index (χ2n) is 5.10. The van der Waals surface area contributed by atoms with Gasteiger partial charge in [0, 0.05) is 18.7 Å². The van der Waals surface area contributed by atoms with Gasteiger partial charge in [0.1, 0.15) is 0 Å². The molecule has 1 aliphatic heterocycles. The normalized spacial score (nSPS) is 18.4. The Morgan fingerprint density at radius 1 is 1.14 bits per heavy atom. The molecule has 1 unspecified atom stereocenters. The van der Waals surface area contributed by atoms with Crippen molar-refractivity contribution in [2.45, 2.75) is 6.10 Å². The molecule has 1 aliphatic rings. The Labute approximate surface area is 123 Å². The van der Waals surface area contributed by atoms with Gasteiger partial charge >= 0.3 is 0 Å². The minimum atomic E-state index is -0.408. The molecule has 3 N–H and O–H groups in total. The van der Waals surface area contributed by atoms with Gasteiger partial charge in [0.2, 0.25) is 5.91 Å². The average Bonchev–Trinajstić information content (AvgIpc) is 2.56. The van der Waals surface area contributed by atoms with E-state index >= 15 is 0 Å². The largest absolute Gasteiger partial charge is 0.371 e. The summed E-state index contributed by atoms with van der Waals surface area (Å²) in [7, 11) is 0. The lowest BCUT2D eigenvalue weighted by Crippen LogP contribution is -2.33. The minimum absolute atomic E-state index is 0.0965. The molecule has 1 amide bonds. The number of nitrogens with one attached hydrogen (secondary N) is 1. The molecule has 2 aromatic rings. The van der Waals surface area contributed by atoms with E-state index in [0.29, 0.717) is 5.56 Å². The molecule has 1 atom stereocenters. The number of rotatable bonds is 3. The third-order valence-electron chi connectivity index (χ3n) is 3.71. The van der Waals surface area contributed by atoms with Gasteiger partial charge in [-0.05, 0) is 22.8 Å². The van der Waals surface area contributed by atoms with Gasteiger partial charge in [-0.3, -0.25) is 4.79 Å². The van der Waals surface area contributed by atoms with Crippen LogP contribution in [0.5, 0.6) is 0 Å². The Bertz CT molecular complexity index is 631. The number of primary amides is 1. The molecule has 0 bridgehead atoms. The van der Waals surface area contributed by atoms with Crippen LogP contribution in [0.25, 0.3) is 11.1 Å². The zero-order valence-corrected chi connectivity index (χ0v) is 11.7. The van der Waals surface area contributed by atoms with Crippen LogP contribution in [-0.2, 0) is 4.74 Å². The molecule has 0 aromatic heterocycles. The monoisotopic (exact) mass is 282 g/mol. The van der Waals surface area contributed by atoms with Crippen LogP contribution >= 0.6 is 0 Å². The van der Waals surface area contributed by atoms with Gasteiger partial charge in [-0.2, -0.15) is 0 Å². The molecule has 1 heterocycles. The minimum Gasteiger partial charge on any atom is -0.371 e. The molecule has 0 aliphatic carbocycles. The van der Waals surface area contributed by atoms with Crippen molar-refractivity contribution in [2.24, 2.45) is 5.73 Å². The molecule has 0 spiro atoms. The van der Waals surface area contributed by atoms with Crippen molar-refractivity contribution in [3.05, 3.63) is 59.7 Å². The number of hydrogen-bond donors (Lipinski definition) is 2. The van der Waals surface area contributed by atoms with Gasteiger partial charge in [-0.25, -0.2) is 0 Å². The average molecular weight is 282 g/mol. The summed E-state index contributed by atoms with van der Waals surface area (Å²) in [6.07, 6.45) is 0.0965. The molecule has 108 valence electrons. The van der Waals surface area contributed by atoms with Gasteiger partial charge in [-0.15, -0.1) is 0 Å². The molecule has 0 radical (unpaired) electrons. The molecule has 1 saturated heterocycles. The van der Waals surface area contributed by atoms with E-state index < -0.39 is 5.91 Å². The van der Waals surface area contributed by atoms with Crippen LogP contribution in [0.4, 0.5) is 0 Å². The van der Waals surface area contributed by atoms with E-state index in [1.54, 1.807) is 6.07 Å². The fraction of sp³-hybridized carbons (Fsp3) is 0.235. The highest BCUT2D eigenvalue weighted by Gasteiger charge is 2.16. The highest BCUT2D eigenvalue weighted by atomic mass is 16.5. The number of carbonyl (C=O) groups excluding carboxylic acids is 1. The number of ether oxygens (including phenoxy) is 1. The van der Waals surface area contributed by atoms with Crippen LogP contribution in [-0.4, -0.2) is 25.6 Å². The van der Waals surface area contributed by atoms with Crippen LogP contribution in [0.1, 0.15) is 22.0 Å². The molecule has 21 heavy (non-hydrogen) atoms. The first-order valence-electron chi connectivity index (χ1n) is 7.07. The molecule has 0 saturated carbocycles. The van der Waals surface area contributed by atoms with E-state index in [2.05, 4.69) is 5.32 Å². The highest BCUT2D eigenvalue weighted by molar-refractivity contribution is 5.99. The van der Waals surface area contributed by atoms with Gasteiger partial charge < -0.3 is 15.8 Å². The molecular formula is C17H18N2O2. The van der Waals surface area contributed by atoms with E-state index in [0.717, 1.165) is 36.4 Å². The SMILES string of the molecule is NC(=O)c1ccccc1-c1ccc(C2CNCCO2)cc1. The summed E-state index contributed by atoms with van der Waals surface area (Å²) in [4.78, 5) is 11.5. The van der Waals surface area contributed by atoms with Crippen molar-refractivity contribution in [1.82, 2.24) is 5.32 Å². The Hall–Kier alpha value is -2.17. The fourth-order valence-electron chi connectivity index (χ4n) is 2.61. The van der Waals surface area contributed by atoms with Crippen molar-refractivity contribution in [1.29, 1.82) is 0 Å². The zero-order valence-electron chi connectivity index (χ0n) is 11.7. The van der Waals surface area contributed by atoms with Crippen molar-refractivity contribution in [2.75, 3.05) is 19.7 Å². The van der Waals surface area contributed by atoms with Crippen molar-refractivity contribution in [3.8, 4) is 11.1 Å². The first-order chi connectivity index (χ1) is 10.3. The summed E-state index contributed by atoms with van der Waals surface area (Å²) >= 11 is 0. The van der Waals surface area contributed by atoms with Crippen LogP contribution in [0.15, 0.2) is 48.5 Å². The molecule has 2 aromatic carbocycles. The lowest BCUT2D eigenvalue weighted by molar-refractivity contribution is 0.0277. The molecule has 4 nitrogen and oxygen atoms in total. The van der Waals surface area contributed by atoms with Crippen molar-refractivity contribution >= 4 is 5.91 Å². The third-order valence-corrected chi connectivity index (χ3v) is 3.71. The van der Waals surface area contributed by atoms with E-state index in [9.17, 15) is 4.79 Å². The number of amides is 1. The highest BCUT2D eigenvalue weighted by Crippen LogP contribution is 2.26. The summed E-state index contributed by atoms with van der Waals surface area (Å²) < 4.78 is 5.73. The van der Waals surface area contributed by atoms with E-state index in [4.69, 9.17) is 10.5 Å². The van der Waals surface area contributed by atoms with Crippen LogP contribution in [0.3, 0.4) is 0 Å². The maximum atomic E-state index is 11.5. The van der Waals surface area contributed by atoms with Crippen molar-refractivity contribution < 1.29 is 9.53 Å². The van der Waals surface area contributed by atoms with Crippen molar-refractivity contribution in [3.63, 3.8) is 0 Å². The lowest BCUT2D eigenvalue weighted by atomic mass is 9.97. The smallest absolute Gasteiger partial charge is 0.249 e. The molecule has 4 heteroatoms. The lowest BCUT2D eigenvalue weighted by Gasteiger charge is -2.24. The Balaban J connectivity index is 1.89. The summed E-state index contributed by atoms with van der Waals surface area (Å²) in [5.74, 6) is -0.408. The Morgan fingerprint density at radius 2 is 1.90 bits per heavy atom. The second-order valence-corrected chi connectivity index (χ2v) is 5.10. The summed E-state index contributed by atoms with van der Waals surface area (Å²) in [5, 5.41) is 3.32. The number of carbonyl (C=O) groups is 1. The second kappa shape index (κ2) is 6.08. The molecule has 1 fully saturated rings.